The van der Waals surface area contributed by atoms with Crippen molar-refractivity contribution >= 4 is 29.1 Å². The summed E-state index contributed by atoms with van der Waals surface area (Å²) in [7, 11) is 0. The van der Waals surface area contributed by atoms with E-state index in [1.54, 1.807) is 19.1 Å². The van der Waals surface area contributed by atoms with Gasteiger partial charge in [-0.1, -0.05) is 11.6 Å². The molecule has 0 saturated carbocycles. The number of benzene rings is 1. The quantitative estimate of drug-likeness (QED) is 0.686. The first-order chi connectivity index (χ1) is 14.0. The van der Waals surface area contributed by atoms with Gasteiger partial charge in [0.2, 0.25) is 0 Å². The van der Waals surface area contributed by atoms with Gasteiger partial charge >= 0.3 is 0 Å². The van der Waals surface area contributed by atoms with Crippen molar-refractivity contribution in [3.8, 4) is 5.75 Å². The molecule has 0 radical (unpaired) electrons. The van der Waals surface area contributed by atoms with E-state index >= 15 is 0 Å². The van der Waals surface area contributed by atoms with Gasteiger partial charge in [-0.3, -0.25) is 4.79 Å². The monoisotopic (exact) mass is 414 g/mol. The molecule has 1 aliphatic heterocycles. The lowest BCUT2D eigenvalue weighted by Crippen LogP contribution is -2.54. The molecule has 0 aliphatic carbocycles. The first kappa shape index (κ1) is 19.0. The van der Waals surface area contributed by atoms with Crippen LogP contribution in [0.25, 0.3) is 0 Å². The van der Waals surface area contributed by atoms with Crippen molar-refractivity contribution in [3.05, 3.63) is 65.2 Å². The second kappa shape index (κ2) is 7.96. The summed E-state index contributed by atoms with van der Waals surface area (Å²) in [5.41, 5.74) is 0.908. The minimum Gasteiger partial charge on any atom is -0.487 e. The van der Waals surface area contributed by atoms with Crippen molar-refractivity contribution in [3.63, 3.8) is 0 Å². The Bertz CT molecular complexity index is 1040. The lowest BCUT2D eigenvalue weighted by Gasteiger charge is -2.40. The average Bonchev–Trinajstić information content (AvgIpc) is 2.63. The van der Waals surface area contributed by atoms with Gasteiger partial charge in [-0.2, -0.15) is 0 Å². The summed E-state index contributed by atoms with van der Waals surface area (Å²) in [5.74, 6) is 0.291. The van der Waals surface area contributed by atoms with Crippen LogP contribution in [0.5, 0.6) is 5.75 Å². The maximum Gasteiger partial charge on any atom is 0.279 e. The first-order valence-electron chi connectivity index (χ1n) is 8.76. The number of carbonyl (C=O) groups excluding carboxylic acids is 1. The molecule has 10 heteroatoms. The maximum atomic E-state index is 13.4. The number of aryl methyl sites for hydroxylation is 1. The molecule has 0 spiro atoms. The number of rotatable bonds is 5. The van der Waals surface area contributed by atoms with Crippen LogP contribution >= 0.6 is 11.6 Å². The third-order valence-electron chi connectivity index (χ3n) is 4.23. The van der Waals surface area contributed by atoms with Crippen LogP contribution in [-0.2, 0) is 0 Å². The number of halogens is 2. The van der Waals surface area contributed by atoms with Crippen LogP contribution in [0.4, 0.5) is 16.0 Å². The summed E-state index contributed by atoms with van der Waals surface area (Å²) in [6.07, 6.45) is 4.15. The number of carbonyl (C=O) groups is 1. The molecule has 148 valence electrons. The van der Waals surface area contributed by atoms with Crippen LogP contribution in [0.1, 0.15) is 16.2 Å². The Labute approximate surface area is 170 Å². The standard InChI is InChI=1S/C19H16ClFN6O2/c1-11-4-16(25-10-24-11)26-19(28)17-18(23-3-2-22-17)27-8-15(9-27)29-14-6-12(20)5-13(21)7-14/h2-7,10,15H,8-9H2,1H3,(H,24,25,26,28). The largest absolute Gasteiger partial charge is 0.487 e. The Morgan fingerprint density at radius 2 is 1.97 bits per heavy atom. The van der Waals surface area contributed by atoms with Gasteiger partial charge in [-0.25, -0.2) is 24.3 Å². The second-order valence-electron chi connectivity index (χ2n) is 6.48. The van der Waals surface area contributed by atoms with Gasteiger partial charge in [-0.05, 0) is 19.1 Å². The summed E-state index contributed by atoms with van der Waals surface area (Å²) in [6, 6.07) is 5.70. The zero-order valence-corrected chi connectivity index (χ0v) is 16.1. The van der Waals surface area contributed by atoms with Crippen LogP contribution < -0.4 is 15.0 Å². The topological polar surface area (TPSA) is 93.1 Å². The van der Waals surface area contributed by atoms with Crippen LogP contribution in [-0.4, -0.2) is 45.0 Å². The molecule has 1 saturated heterocycles. The van der Waals surface area contributed by atoms with Crippen LogP contribution in [0.2, 0.25) is 5.02 Å². The van der Waals surface area contributed by atoms with Gasteiger partial charge < -0.3 is 15.0 Å². The zero-order valence-electron chi connectivity index (χ0n) is 15.3. The van der Waals surface area contributed by atoms with Gasteiger partial charge in [-0.15, -0.1) is 0 Å². The van der Waals surface area contributed by atoms with Gasteiger partial charge in [0, 0.05) is 35.2 Å². The molecule has 1 aromatic carbocycles. The van der Waals surface area contributed by atoms with Crippen molar-refractivity contribution in [2.24, 2.45) is 0 Å². The van der Waals surface area contributed by atoms with Crippen molar-refractivity contribution < 1.29 is 13.9 Å². The molecule has 2 aromatic heterocycles. The van der Waals surface area contributed by atoms with E-state index in [1.165, 1.54) is 30.9 Å². The van der Waals surface area contributed by atoms with E-state index in [2.05, 4.69) is 25.3 Å². The lowest BCUT2D eigenvalue weighted by molar-refractivity contribution is 0.102. The van der Waals surface area contributed by atoms with Crippen LogP contribution in [0, 0.1) is 12.7 Å². The van der Waals surface area contributed by atoms with E-state index in [0.29, 0.717) is 30.5 Å². The number of hydrogen-bond donors (Lipinski definition) is 1. The Morgan fingerprint density at radius 3 is 2.72 bits per heavy atom. The van der Waals surface area contributed by atoms with E-state index in [-0.39, 0.29) is 16.8 Å². The molecule has 3 heterocycles. The molecule has 29 heavy (non-hydrogen) atoms. The third kappa shape index (κ3) is 4.40. The van der Waals surface area contributed by atoms with E-state index < -0.39 is 11.7 Å². The number of amides is 1. The van der Waals surface area contributed by atoms with Crippen molar-refractivity contribution in [2.45, 2.75) is 13.0 Å². The Hall–Kier alpha value is -3.33. The number of nitrogens with zero attached hydrogens (tertiary/aromatic N) is 5. The molecule has 8 nitrogen and oxygen atoms in total. The average molecular weight is 415 g/mol. The van der Waals surface area contributed by atoms with Gasteiger partial charge in [0.15, 0.2) is 11.5 Å². The minimum absolute atomic E-state index is 0.177. The van der Waals surface area contributed by atoms with Gasteiger partial charge in [0.25, 0.3) is 5.91 Å². The Morgan fingerprint density at radius 1 is 1.17 bits per heavy atom. The van der Waals surface area contributed by atoms with Gasteiger partial charge in [0.05, 0.1) is 13.1 Å². The molecular weight excluding hydrogens is 399 g/mol. The molecule has 1 aliphatic rings. The smallest absolute Gasteiger partial charge is 0.279 e. The van der Waals surface area contributed by atoms with E-state index in [1.807, 2.05) is 4.90 Å². The SMILES string of the molecule is Cc1cc(NC(=O)c2nccnc2N2CC(Oc3cc(F)cc(Cl)c3)C2)ncn1. The van der Waals surface area contributed by atoms with E-state index in [4.69, 9.17) is 16.3 Å². The predicted octanol–water partition coefficient (Wildman–Crippen LogP) is 2.89. The summed E-state index contributed by atoms with van der Waals surface area (Å²) < 4.78 is 19.2. The molecule has 1 amide bonds. The van der Waals surface area contributed by atoms with Crippen molar-refractivity contribution in [1.82, 2.24) is 19.9 Å². The van der Waals surface area contributed by atoms with Crippen molar-refractivity contribution in [2.75, 3.05) is 23.3 Å². The fraction of sp³-hybridized carbons (Fsp3) is 0.211. The summed E-state index contributed by atoms with van der Waals surface area (Å²) in [5, 5.41) is 2.97. The van der Waals surface area contributed by atoms with E-state index in [9.17, 15) is 9.18 Å². The molecule has 0 atom stereocenters. The molecule has 0 unspecified atom stereocenters. The number of nitrogens with one attached hydrogen (secondary N) is 1. The van der Waals surface area contributed by atoms with Crippen LogP contribution in [0.3, 0.4) is 0 Å². The Kier molecular flexibility index (Phi) is 5.22. The molecule has 1 fully saturated rings. The predicted molar refractivity (Wildman–Crippen MR) is 105 cm³/mol. The van der Waals surface area contributed by atoms with Gasteiger partial charge in [0.1, 0.15) is 29.8 Å². The molecular formula is C19H16ClFN6O2. The highest BCUT2D eigenvalue weighted by atomic mass is 35.5. The second-order valence-corrected chi connectivity index (χ2v) is 6.91. The minimum atomic E-state index is -0.462. The molecule has 1 N–H and O–H groups in total. The highest BCUT2D eigenvalue weighted by Gasteiger charge is 2.33. The third-order valence-corrected chi connectivity index (χ3v) is 4.44. The van der Waals surface area contributed by atoms with Crippen molar-refractivity contribution in [1.29, 1.82) is 0 Å². The maximum absolute atomic E-state index is 13.4. The first-order valence-corrected chi connectivity index (χ1v) is 9.14. The number of aromatic nitrogens is 4. The van der Waals surface area contributed by atoms with E-state index in [0.717, 1.165) is 5.69 Å². The highest BCUT2D eigenvalue weighted by molar-refractivity contribution is 6.30. The fourth-order valence-electron chi connectivity index (χ4n) is 2.90. The number of ether oxygens (including phenoxy) is 1. The lowest BCUT2D eigenvalue weighted by atomic mass is 10.1. The summed E-state index contributed by atoms with van der Waals surface area (Å²) in [4.78, 5) is 31.0. The Balaban J connectivity index is 1.43. The molecule has 4 rings (SSSR count). The molecule has 3 aromatic rings. The normalized spacial score (nSPS) is 13.7. The fourth-order valence-corrected chi connectivity index (χ4v) is 3.11. The zero-order chi connectivity index (χ0) is 20.4. The highest BCUT2D eigenvalue weighted by Crippen LogP contribution is 2.27. The molecule has 0 bridgehead atoms. The summed E-state index contributed by atoms with van der Waals surface area (Å²) in [6.45, 7) is 2.75. The number of hydrogen-bond acceptors (Lipinski definition) is 7. The summed E-state index contributed by atoms with van der Waals surface area (Å²) >= 11 is 5.85. The van der Waals surface area contributed by atoms with Crippen LogP contribution in [0.15, 0.2) is 43.0 Å². The number of anilines is 2.